The van der Waals surface area contributed by atoms with E-state index in [1.165, 1.54) is 5.56 Å². The number of hydrogen-bond acceptors (Lipinski definition) is 4. The highest BCUT2D eigenvalue weighted by Crippen LogP contribution is 2.57. The summed E-state index contributed by atoms with van der Waals surface area (Å²) in [5.41, 5.74) is 5.27. The number of aromatic nitrogens is 1. The number of para-hydroxylation sites is 1. The fraction of sp³-hybridized carbons (Fsp3) is 0.190. The largest absolute Gasteiger partial charge is 0.383 e. The zero-order chi connectivity index (χ0) is 17.1. The summed E-state index contributed by atoms with van der Waals surface area (Å²) in [4.78, 5) is 9.20. The molecule has 0 spiro atoms. The van der Waals surface area contributed by atoms with Crippen LogP contribution >= 0.6 is 11.8 Å². The minimum atomic E-state index is -0.603. The van der Waals surface area contributed by atoms with Gasteiger partial charge < -0.3 is 5.11 Å². The third-order valence-corrected chi connectivity index (χ3v) is 6.08. The van der Waals surface area contributed by atoms with Crippen molar-refractivity contribution >= 4 is 29.0 Å². The molecule has 0 bridgehead atoms. The Morgan fingerprint density at radius 2 is 1.88 bits per heavy atom. The Kier molecular flexibility index (Phi) is 3.21. The maximum absolute atomic E-state index is 11.0. The Morgan fingerprint density at radius 1 is 1.04 bits per heavy atom. The van der Waals surface area contributed by atoms with Gasteiger partial charge in [-0.15, -0.1) is 0 Å². The second-order valence-corrected chi connectivity index (χ2v) is 7.92. The van der Waals surface area contributed by atoms with Crippen LogP contribution in [0.1, 0.15) is 42.6 Å². The molecule has 0 fully saturated rings. The summed E-state index contributed by atoms with van der Waals surface area (Å²) in [6.45, 7) is 4.39. The lowest BCUT2D eigenvalue weighted by Crippen LogP contribution is -2.25. The molecule has 25 heavy (non-hydrogen) atoms. The number of hydrogen-bond donors (Lipinski definition) is 1. The quantitative estimate of drug-likeness (QED) is 0.491. The first kappa shape index (κ1) is 15.0. The maximum atomic E-state index is 11.0. The highest BCUT2D eigenvalue weighted by Gasteiger charge is 2.36. The molecule has 3 aromatic rings. The predicted molar refractivity (Wildman–Crippen MR) is 101 cm³/mol. The molecule has 0 saturated carbocycles. The average molecular weight is 346 g/mol. The summed E-state index contributed by atoms with van der Waals surface area (Å²) < 4.78 is 0. The summed E-state index contributed by atoms with van der Waals surface area (Å²) >= 11 is 1.72. The Hall–Kier alpha value is -2.30. The highest BCUT2D eigenvalue weighted by molar-refractivity contribution is 7.99. The number of nitrogens with zero attached hydrogens (tertiary/aromatic N) is 2. The molecule has 1 atom stereocenters. The minimum Gasteiger partial charge on any atom is -0.383 e. The van der Waals surface area contributed by atoms with Crippen molar-refractivity contribution in [1.29, 1.82) is 0 Å². The molecular formula is C21H18N2OS. The molecule has 0 aliphatic carbocycles. The number of pyridine rings is 1. The smallest absolute Gasteiger partial charge is 0.151 e. The van der Waals surface area contributed by atoms with E-state index in [2.05, 4.69) is 54.1 Å². The molecule has 0 radical (unpaired) electrons. The fourth-order valence-corrected chi connectivity index (χ4v) is 4.75. The van der Waals surface area contributed by atoms with Crippen LogP contribution in [0.3, 0.4) is 0 Å². The summed E-state index contributed by atoms with van der Waals surface area (Å²) in [5, 5.41) is 11.0. The van der Waals surface area contributed by atoms with Crippen LogP contribution in [0.2, 0.25) is 0 Å². The van der Waals surface area contributed by atoms with Crippen LogP contribution in [0.25, 0.3) is 0 Å². The molecule has 2 aliphatic heterocycles. The Morgan fingerprint density at radius 3 is 2.72 bits per heavy atom. The van der Waals surface area contributed by atoms with Crippen LogP contribution in [0.4, 0.5) is 17.2 Å². The number of fused-ring (bicyclic) bond motifs is 4. The standard InChI is InChI=1S/C21H18N2OS/c1-12(2)13-8-9-14-16(11-13)23-19-15(20(14)24)5-3-6-17(19)25-18-7-4-10-22-21(18)23/h3-12,20,24H,1-2H3. The average Bonchev–Trinajstić information content (AvgIpc) is 2.64. The first-order valence-electron chi connectivity index (χ1n) is 8.53. The van der Waals surface area contributed by atoms with Crippen LogP contribution < -0.4 is 4.90 Å². The van der Waals surface area contributed by atoms with Crippen LogP contribution in [-0.2, 0) is 0 Å². The van der Waals surface area contributed by atoms with E-state index in [0.29, 0.717) is 5.92 Å². The van der Waals surface area contributed by atoms with Gasteiger partial charge in [-0.2, -0.15) is 0 Å². The molecule has 2 aliphatic rings. The minimum absolute atomic E-state index is 0.432. The van der Waals surface area contributed by atoms with E-state index in [1.54, 1.807) is 11.8 Å². The van der Waals surface area contributed by atoms with Gasteiger partial charge in [0.05, 0.1) is 16.3 Å². The van der Waals surface area contributed by atoms with E-state index in [9.17, 15) is 5.11 Å². The third-order valence-electron chi connectivity index (χ3n) is 4.99. The first-order chi connectivity index (χ1) is 12.1. The molecular weight excluding hydrogens is 328 g/mol. The first-order valence-corrected chi connectivity index (χ1v) is 9.34. The van der Waals surface area contributed by atoms with E-state index in [-0.39, 0.29) is 0 Å². The van der Waals surface area contributed by atoms with Crippen LogP contribution in [-0.4, -0.2) is 10.1 Å². The molecule has 3 nitrogen and oxygen atoms in total. The Balaban J connectivity index is 1.85. The molecule has 3 heterocycles. The molecule has 1 aromatic heterocycles. The van der Waals surface area contributed by atoms with Crippen LogP contribution in [0.15, 0.2) is 64.5 Å². The zero-order valence-electron chi connectivity index (χ0n) is 14.1. The predicted octanol–water partition coefficient (Wildman–Crippen LogP) is 5.53. The van der Waals surface area contributed by atoms with Crippen molar-refractivity contribution < 1.29 is 5.11 Å². The molecule has 124 valence electrons. The summed E-state index contributed by atoms with van der Waals surface area (Å²) in [6.07, 6.45) is 1.23. The van der Waals surface area contributed by atoms with Gasteiger partial charge in [-0.3, -0.25) is 4.90 Å². The lowest BCUT2D eigenvalue weighted by molar-refractivity contribution is 0.219. The number of aliphatic hydroxyl groups is 1. The molecule has 1 N–H and O–H groups in total. The molecule has 0 amide bonds. The molecule has 4 heteroatoms. The summed E-state index contributed by atoms with van der Waals surface area (Å²) in [7, 11) is 0. The second kappa shape index (κ2) is 5.35. The van der Waals surface area contributed by atoms with Crippen molar-refractivity contribution in [3.05, 3.63) is 71.4 Å². The SMILES string of the molecule is CC(C)c1ccc2c(c1)N1c3ncccc3Sc3cccc(c31)C2O. The molecule has 2 aromatic carbocycles. The third kappa shape index (κ3) is 2.08. The number of benzene rings is 2. The zero-order valence-corrected chi connectivity index (χ0v) is 14.9. The number of anilines is 3. The van der Waals surface area contributed by atoms with Crippen molar-refractivity contribution in [2.45, 2.75) is 35.7 Å². The van der Waals surface area contributed by atoms with Crippen molar-refractivity contribution in [1.82, 2.24) is 4.98 Å². The lowest BCUT2D eigenvalue weighted by atomic mass is 9.90. The van der Waals surface area contributed by atoms with Gasteiger partial charge in [-0.1, -0.05) is 49.9 Å². The monoisotopic (exact) mass is 346 g/mol. The van der Waals surface area contributed by atoms with Crippen molar-refractivity contribution in [2.24, 2.45) is 0 Å². The topological polar surface area (TPSA) is 36.4 Å². The lowest BCUT2D eigenvalue weighted by Gasteiger charge is -2.39. The fourth-order valence-electron chi connectivity index (χ4n) is 3.68. The van der Waals surface area contributed by atoms with Gasteiger partial charge in [0.15, 0.2) is 5.82 Å². The molecule has 0 saturated heterocycles. The normalized spacial score (nSPS) is 17.1. The van der Waals surface area contributed by atoms with E-state index in [1.807, 2.05) is 24.4 Å². The highest BCUT2D eigenvalue weighted by atomic mass is 32.2. The van der Waals surface area contributed by atoms with Gasteiger partial charge in [0.1, 0.15) is 6.10 Å². The van der Waals surface area contributed by atoms with Gasteiger partial charge in [0, 0.05) is 22.2 Å². The number of aliphatic hydroxyl groups excluding tert-OH is 1. The second-order valence-electron chi connectivity index (χ2n) is 6.83. The van der Waals surface area contributed by atoms with E-state index in [0.717, 1.165) is 38.1 Å². The van der Waals surface area contributed by atoms with Crippen molar-refractivity contribution in [3.8, 4) is 0 Å². The Bertz CT molecular complexity index is 999. The van der Waals surface area contributed by atoms with Gasteiger partial charge in [-0.25, -0.2) is 4.98 Å². The van der Waals surface area contributed by atoms with Crippen molar-refractivity contribution in [3.63, 3.8) is 0 Å². The maximum Gasteiger partial charge on any atom is 0.151 e. The van der Waals surface area contributed by atoms with Gasteiger partial charge >= 0.3 is 0 Å². The van der Waals surface area contributed by atoms with E-state index < -0.39 is 6.10 Å². The van der Waals surface area contributed by atoms with Crippen molar-refractivity contribution in [2.75, 3.05) is 4.90 Å². The van der Waals surface area contributed by atoms with E-state index in [4.69, 9.17) is 0 Å². The van der Waals surface area contributed by atoms with Gasteiger partial charge in [0.25, 0.3) is 0 Å². The molecule has 5 rings (SSSR count). The van der Waals surface area contributed by atoms with Crippen LogP contribution in [0.5, 0.6) is 0 Å². The number of rotatable bonds is 1. The van der Waals surface area contributed by atoms with Crippen LogP contribution in [0, 0.1) is 0 Å². The van der Waals surface area contributed by atoms with E-state index >= 15 is 0 Å². The summed E-state index contributed by atoms with van der Waals surface area (Å²) in [5.74, 6) is 1.38. The van der Waals surface area contributed by atoms with Gasteiger partial charge in [-0.05, 0) is 35.7 Å². The Labute approximate surface area is 151 Å². The van der Waals surface area contributed by atoms with Gasteiger partial charge in [0.2, 0.25) is 0 Å². The summed E-state index contributed by atoms with van der Waals surface area (Å²) in [6, 6.07) is 16.6. The molecule has 1 unspecified atom stereocenters.